The minimum atomic E-state index is -0.378. The molecule has 0 spiro atoms. The van der Waals surface area contributed by atoms with Crippen molar-refractivity contribution in [3.05, 3.63) is 52.5 Å². The highest BCUT2D eigenvalue weighted by atomic mass is 35.5. The standard InChI is InChI=1S/C18H19ClN2O4/c1-12-8-15(6-7-16(12)19)25-11-18(22)21-20-10-13-4-5-14(23-2)9-17(13)24-3/h4-10H,11H2,1-3H3,(H,21,22)/b20-10-. The number of aryl methyl sites for hydroxylation is 1. The van der Waals surface area contributed by atoms with Crippen molar-refractivity contribution in [1.82, 2.24) is 5.43 Å². The average Bonchev–Trinajstić information content (AvgIpc) is 2.62. The number of amides is 1. The molecule has 0 aliphatic heterocycles. The fourth-order valence-electron chi connectivity index (χ4n) is 1.99. The third kappa shape index (κ3) is 5.39. The van der Waals surface area contributed by atoms with Gasteiger partial charge in [0.2, 0.25) is 0 Å². The lowest BCUT2D eigenvalue weighted by Crippen LogP contribution is -2.24. The Kier molecular flexibility index (Phi) is 6.65. The molecule has 1 N–H and O–H groups in total. The van der Waals surface area contributed by atoms with Crippen LogP contribution in [0.4, 0.5) is 0 Å². The molecule has 0 fully saturated rings. The number of carbonyl (C=O) groups is 1. The molecule has 0 atom stereocenters. The average molecular weight is 363 g/mol. The Morgan fingerprint density at radius 3 is 2.60 bits per heavy atom. The van der Waals surface area contributed by atoms with E-state index >= 15 is 0 Å². The molecule has 0 aliphatic rings. The summed E-state index contributed by atoms with van der Waals surface area (Å²) in [5.41, 5.74) is 3.99. The number of hydrogen-bond donors (Lipinski definition) is 1. The summed E-state index contributed by atoms with van der Waals surface area (Å²) in [6, 6.07) is 10.5. The maximum absolute atomic E-state index is 11.8. The topological polar surface area (TPSA) is 69.2 Å². The van der Waals surface area contributed by atoms with E-state index in [0.29, 0.717) is 27.8 Å². The first kappa shape index (κ1) is 18.6. The van der Waals surface area contributed by atoms with E-state index in [2.05, 4.69) is 10.5 Å². The molecule has 0 saturated heterocycles. The SMILES string of the molecule is COc1ccc(/C=N\NC(=O)COc2ccc(Cl)c(C)c2)c(OC)c1. The first-order chi connectivity index (χ1) is 12.0. The van der Waals surface area contributed by atoms with Gasteiger partial charge in [-0.2, -0.15) is 5.10 Å². The molecule has 7 heteroatoms. The summed E-state index contributed by atoms with van der Waals surface area (Å²) < 4.78 is 15.8. The highest BCUT2D eigenvalue weighted by molar-refractivity contribution is 6.31. The number of nitrogens with one attached hydrogen (secondary N) is 1. The zero-order chi connectivity index (χ0) is 18.2. The van der Waals surface area contributed by atoms with E-state index in [1.54, 1.807) is 50.6 Å². The molecule has 6 nitrogen and oxygen atoms in total. The van der Waals surface area contributed by atoms with E-state index in [1.807, 2.05) is 6.92 Å². The van der Waals surface area contributed by atoms with Gasteiger partial charge in [-0.25, -0.2) is 5.43 Å². The van der Waals surface area contributed by atoms with Gasteiger partial charge in [-0.05, 0) is 42.8 Å². The number of carbonyl (C=O) groups excluding carboxylic acids is 1. The van der Waals surface area contributed by atoms with Gasteiger partial charge in [-0.3, -0.25) is 4.79 Å². The predicted molar refractivity (Wildman–Crippen MR) is 97.0 cm³/mol. The van der Waals surface area contributed by atoms with E-state index in [4.69, 9.17) is 25.8 Å². The summed E-state index contributed by atoms with van der Waals surface area (Å²) in [5, 5.41) is 4.55. The van der Waals surface area contributed by atoms with Crippen molar-refractivity contribution in [3.63, 3.8) is 0 Å². The van der Waals surface area contributed by atoms with Crippen LogP contribution in [-0.2, 0) is 4.79 Å². The quantitative estimate of drug-likeness (QED) is 0.606. The Labute approximate surface area is 151 Å². The van der Waals surface area contributed by atoms with Crippen LogP contribution >= 0.6 is 11.6 Å². The minimum Gasteiger partial charge on any atom is -0.497 e. The van der Waals surface area contributed by atoms with E-state index in [0.717, 1.165) is 5.56 Å². The normalized spacial score (nSPS) is 10.6. The number of nitrogens with zero attached hydrogens (tertiary/aromatic N) is 1. The second-order valence-corrected chi connectivity index (χ2v) is 5.51. The van der Waals surface area contributed by atoms with Crippen LogP contribution in [0, 0.1) is 6.92 Å². The van der Waals surface area contributed by atoms with Gasteiger partial charge in [0.25, 0.3) is 5.91 Å². The first-order valence-electron chi connectivity index (χ1n) is 7.46. The summed E-state index contributed by atoms with van der Waals surface area (Å²) >= 11 is 5.94. The number of ether oxygens (including phenoxy) is 3. The Bertz CT molecular complexity index is 778. The zero-order valence-electron chi connectivity index (χ0n) is 14.2. The third-order valence-electron chi connectivity index (χ3n) is 3.33. The summed E-state index contributed by atoms with van der Waals surface area (Å²) in [7, 11) is 3.12. The maximum atomic E-state index is 11.8. The summed E-state index contributed by atoms with van der Waals surface area (Å²) in [6.07, 6.45) is 1.49. The number of halogens is 1. The Balaban J connectivity index is 1.89. The molecular weight excluding hydrogens is 344 g/mol. The van der Waals surface area contributed by atoms with Crippen LogP contribution in [-0.4, -0.2) is 32.9 Å². The molecule has 25 heavy (non-hydrogen) atoms. The lowest BCUT2D eigenvalue weighted by molar-refractivity contribution is -0.123. The fraction of sp³-hybridized carbons (Fsp3) is 0.222. The number of hydrazone groups is 1. The lowest BCUT2D eigenvalue weighted by atomic mass is 10.2. The van der Waals surface area contributed by atoms with Crippen molar-refractivity contribution in [1.29, 1.82) is 0 Å². The van der Waals surface area contributed by atoms with Gasteiger partial charge in [-0.1, -0.05) is 11.6 Å². The largest absolute Gasteiger partial charge is 0.497 e. The summed E-state index contributed by atoms with van der Waals surface area (Å²) in [6.45, 7) is 1.71. The maximum Gasteiger partial charge on any atom is 0.277 e. The Morgan fingerprint density at radius 2 is 1.92 bits per heavy atom. The predicted octanol–water partition coefficient (Wildman–Crippen LogP) is 3.19. The van der Waals surface area contributed by atoms with Crippen LogP contribution < -0.4 is 19.6 Å². The number of methoxy groups -OCH3 is 2. The molecule has 0 bridgehead atoms. The van der Waals surface area contributed by atoms with Gasteiger partial charge in [0.1, 0.15) is 17.2 Å². The van der Waals surface area contributed by atoms with Crippen molar-refractivity contribution in [2.24, 2.45) is 5.10 Å². The molecular formula is C18H19ClN2O4. The second kappa shape index (κ2) is 8.94. The van der Waals surface area contributed by atoms with Crippen LogP contribution in [0.15, 0.2) is 41.5 Å². The van der Waals surface area contributed by atoms with Crippen LogP contribution in [0.1, 0.15) is 11.1 Å². The van der Waals surface area contributed by atoms with Gasteiger partial charge < -0.3 is 14.2 Å². The van der Waals surface area contributed by atoms with E-state index in [1.165, 1.54) is 6.21 Å². The molecule has 2 rings (SSSR count). The van der Waals surface area contributed by atoms with E-state index < -0.39 is 0 Å². The summed E-state index contributed by atoms with van der Waals surface area (Å²) in [5.74, 6) is 1.45. The molecule has 132 valence electrons. The van der Waals surface area contributed by atoms with Gasteiger partial charge in [0, 0.05) is 16.7 Å². The number of rotatable bonds is 7. The van der Waals surface area contributed by atoms with Gasteiger partial charge >= 0.3 is 0 Å². The molecule has 0 saturated carbocycles. The fourth-order valence-corrected chi connectivity index (χ4v) is 2.10. The molecule has 1 amide bonds. The van der Waals surface area contributed by atoms with E-state index in [9.17, 15) is 4.79 Å². The molecule has 0 heterocycles. The molecule has 2 aromatic carbocycles. The zero-order valence-corrected chi connectivity index (χ0v) is 15.0. The van der Waals surface area contributed by atoms with E-state index in [-0.39, 0.29) is 12.5 Å². The van der Waals surface area contributed by atoms with Gasteiger partial charge in [0.15, 0.2) is 6.61 Å². The van der Waals surface area contributed by atoms with Gasteiger partial charge in [-0.15, -0.1) is 0 Å². The first-order valence-corrected chi connectivity index (χ1v) is 7.84. The van der Waals surface area contributed by atoms with Gasteiger partial charge in [0.05, 0.1) is 20.4 Å². The van der Waals surface area contributed by atoms with Crippen molar-refractivity contribution in [2.45, 2.75) is 6.92 Å². The van der Waals surface area contributed by atoms with Crippen LogP contribution in [0.5, 0.6) is 17.2 Å². The van der Waals surface area contributed by atoms with Crippen molar-refractivity contribution >= 4 is 23.7 Å². The van der Waals surface area contributed by atoms with Crippen molar-refractivity contribution in [3.8, 4) is 17.2 Å². The van der Waals surface area contributed by atoms with Crippen LogP contribution in [0.25, 0.3) is 0 Å². The van der Waals surface area contributed by atoms with Crippen LogP contribution in [0.3, 0.4) is 0 Å². The van der Waals surface area contributed by atoms with Crippen molar-refractivity contribution < 1.29 is 19.0 Å². The molecule has 2 aromatic rings. The highest BCUT2D eigenvalue weighted by Crippen LogP contribution is 2.23. The van der Waals surface area contributed by atoms with Crippen molar-refractivity contribution in [2.75, 3.05) is 20.8 Å². The third-order valence-corrected chi connectivity index (χ3v) is 3.76. The number of benzene rings is 2. The molecule has 0 aliphatic carbocycles. The molecule has 0 unspecified atom stereocenters. The monoisotopic (exact) mass is 362 g/mol. The Morgan fingerprint density at radius 1 is 1.16 bits per heavy atom. The number of hydrogen-bond acceptors (Lipinski definition) is 5. The molecule has 0 aromatic heterocycles. The van der Waals surface area contributed by atoms with Crippen LogP contribution in [0.2, 0.25) is 5.02 Å². The summed E-state index contributed by atoms with van der Waals surface area (Å²) in [4.78, 5) is 11.8. The lowest BCUT2D eigenvalue weighted by Gasteiger charge is -2.08. The smallest absolute Gasteiger partial charge is 0.277 e. The Hall–Kier alpha value is -2.73. The molecule has 0 radical (unpaired) electrons. The minimum absolute atomic E-state index is 0.155. The highest BCUT2D eigenvalue weighted by Gasteiger charge is 2.05. The second-order valence-electron chi connectivity index (χ2n) is 5.10.